The molecule has 0 saturated heterocycles. The Morgan fingerprint density at radius 3 is 2.70 bits per heavy atom. The van der Waals surface area contributed by atoms with Gasteiger partial charge in [-0.25, -0.2) is 0 Å². The molecule has 0 aliphatic rings. The molecule has 0 aromatic carbocycles. The van der Waals surface area contributed by atoms with E-state index in [1.165, 1.54) is 0 Å². The Balaban J connectivity index is 2.25. The van der Waals surface area contributed by atoms with Crippen molar-refractivity contribution in [2.24, 2.45) is 0 Å². The Kier molecular flexibility index (Phi) is 4.50. The molecule has 20 heavy (non-hydrogen) atoms. The van der Waals surface area contributed by atoms with Gasteiger partial charge in [-0.15, -0.1) is 0 Å². The van der Waals surface area contributed by atoms with Crippen LogP contribution in [0.2, 0.25) is 0 Å². The van der Waals surface area contributed by atoms with Crippen molar-refractivity contribution >= 4 is 5.91 Å². The van der Waals surface area contributed by atoms with Crippen LogP contribution in [-0.2, 0) is 6.54 Å². The van der Waals surface area contributed by atoms with Gasteiger partial charge in [0, 0.05) is 26.0 Å². The molecule has 0 aliphatic carbocycles. The lowest BCUT2D eigenvalue weighted by atomic mass is 10.1. The van der Waals surface area contributed by atoms with Crippen molar-refractivity contribution in [1.82, 2.24) is 19.7 Å². The van der Waals surface area contributed by atoms with E-state index in [-0.39, 0.29) is 11.9 Å². The van der Waals surface area contributed by atoms with E-state index in [2.05, 4.69) is 17.0 Å². The van der Waals surface area contributed by atoms with E-state index in [1.807, 2.05) is 32.2 Å². The number of carbonyl (C=O) groups is 1. The predicted octanol–water partition coefficient (Wildman–Crippen LogP) is 2.52. The fraction of sp³-hybridized carbons (Fsp3) is 0.400. The van der Waals surface area contributed by atoms with Gasteiger partial charge in [0.15, 0.2) is 0 Å². The highest BCUT2D eigenvalue weighted by atomic mass is 16.2. The molecule has 0 fully saturated rings. The third kappa shape index (κ3) is 2.71. The van der Waals surface area contributed by atoms with Crippen molar-refractivity contribution in [3.63, 3.8) is 0 Å². The molecule has 2 heterocycles. The van der Waals surface area contributed by atoms with Gasteiger partial charge in [-0.3, -0.25) is 14.5 Å². The van der Waals surface area contributed by atoms with Crippen LogP contribution < -0.4 is 0 Å². The first kappa shape index (κ1) is 14.2. The van der Waals surface area contributed by atoms with Crippen LogP contribution in [0.3, 0.4) is 0 Å². The van der Waals surface area contributed by atoms with Gasteiger partial charge in [-0.2, -0.15) is 5.10 Å². The summed E-state index contributed by atoms with van der Waals surface area (Å²) in [6.07, 6.45) is 4.23. The number of pyridine rings is 1. The Hall–Kier alpha value is -2.17. The molecule has 2 aromatic heterocycles. The zero-order valence-electron chi connectivity index (χ0n) is 12.2. The number of hydrogen-bond donors (Lipinski definition) is 0. The first-order valence-electron chi connectivity index (χ1n) is 6.88. The van der Waals surface area contributed by atoms with Gasteiger partial charge in [0.05, 0.1) is 11.7 Å². The average Bonchev–Trinajstić information content (AvgIpc) is 2.96. The van der Waals surface area contributed by atoms with Crippen molar-refractivity contribution < 1.29 is 4.79 Å². The maximum absolute atomic E-state index is 12.6. The fourth-order valence-electron chi connectivity index (χ4n) is 2.34. The van der Waals surface area contributed by atoms with E-state index < -0.39 is 0 Å². The Morgan fingerprint density at radius 2 is 2.10 bits per heavy atom. The van der Waals surface area contributed by atoms with Crippen molar-refractivity contribution in [2.45, 2.75) is 32.9 Å². The zero-order chi connectivity index (χ0) is 14.5. The molecule has 5 heteroatoms. The topological polar surface area (TPSA) is 51.0 Å². The standard InChI is InChI=1S/C15H20N4O/c1-4-13(12-8-6-7-10-16-12)18(3)15(20)14-9-11-17-19(14)5-2/h6-11,13H,4-5H2,1-3H3/t13-/m1/s1. The summed E-state index contributed by atoms with van der Waals surface area (Å²) in [5.41, 5.74) is 1.53. The molecule has 0 bridgehead atoms. The van der Waals surface area contributed by atoms with Gasteiger partial charge >= 0.3 is 0 Å². The van der Waals surface area contributed by atoms with E-state index >= 15 is 0 Å². The maximum atomic E-state index is 12.6. The largest absolute Gasteiger partial charge is 0.332 e. The summed E-state index contributed by atoms with van der Waals surface area (Å²) < 4.78 is 1.71. The Labute approximate surface area is 119 Å². The third-order valence-corrected chi connectivity index (χ3v) is 3.44. The minimum Gasteiger partial charge on any atom is -0.332 e. The molecule has 0 unspecified atom stereocenters. The van der Waals surface area contributed by atoms with Crippen LogP contribution in [0.1, 0.15) is 42.5 Å². The number of hydrogen-bond acceptors (Lipinski definition) is 3. The number of amides is 1. The molecule has 0 radical (unpaired) electrons. The summed E-state index contributed by atoms with van der Waals surface area (Å²) in [6, 6.07) is 7.51. The van der Waals surface area contributed by atoms with Gasteiger partial charge in [0.25, 0.3) is 5.91 Å². The normalized spacial score (nSPS) is 12.2. The molecule has 1 atom stereocenters. The lowest BCUT2D eigenvalue weighted by Crippen LogP contribution is -2.33. The second-order valence-electron chi connectivity index (χ2n) is 4.63. The van der Waals surface area contributed by atoms with Crippen molar-refractivity contribution in [3.8, 4) is 0 Å². The number of nitrogens with zero attached hydrogens (tertiary/aromatic N) is 4. The van der Waals surface area contributed by atoms with Gasteiger partial charge in [-0.1, -0.05) is 13.0 Å². The molecular formula is C15H20N4O. The van der Waals surface area contributed by atoms with Crippen LogP contribution in [-0.4, -0.2) is 32.6 Å². The molecule has 106 valence electrons. The molecule has 0 aliphatic heterocycles. The minimum atomic E-state index is -0.0261. The SMILES string of the molecule is CC[C@H](c1ccccn1)N(C)C(=O)c1ccnn1CC. The summed E-state index contributed by atoms with van der Waals surface area (Å²) in [6.45, 7) is 4.71. The van der Waals surface area contributed by atoms with Gasteiger partial charge < -0.3 is 4.90 Å². The van der Waals surface area contributed by atoms with Crippen LogP contribution in [0.15, 0.2) is 36.7 Å². The van der Waals surface area contributed by atoms with Crippen molar-refractivity contribution in [2.75, 3.05) is 7.05 Å². The highest BCUT2D eigenvalue weighted by molar-refractivity contribution is 5.92. The van der Waals surface area contributed by atoms with Crippen LogP contribution in [0, 0.1) is 0 Å². The molecule has 0 saturated carbocycles. The molecule has 2 rings (SSSR count). The van der Waals surface area contributed by atoms with E-state index in [4.69, 9.17) is 0 Å². The minimum absolute atomic E-state index is 0.0242. The molecule has 1 amide bonds. The Morgan fingerprint density at radius 1 is 1.30 bits per heavy atom. The van der Waals surface area contributed by atoms with Crippen LogP contribution in [0.4, 0.5) is 0 Å². The molecule has 0 spiro atoms. The van der Waals surface area contributed by atoms with Crippen molar-refractivity contribution in [1.29, 1.82) is 0 Å². The van der Waals surface area contributed by atoms with Crippen LogP contribution >= 0.6 is 0 Å². The monoisotopic (exact) mass is 272 g/mol. The van der Waals surface area contributed by atoms with Gasteiger partial charge in [0.1, 0.15) is 5.69 Å². The van der Waals surface area contributed by atoms with E-state index in [1.54, 1.807) is 28.0 Å². The number of rotatable bonds is 5. The van der Waals surface area contributed by atoms with E-state index in [0.717, 1.165) is 12.1 Å². The molecular weight excluding hydrogens is 252 g/mol. The Bertz CT molecular complexity index is 564. The fourth-order valence-corrected chi connectivity index (χ4v) is 2.34. The first-order chi connectivity index (χ1) is 9.69. The average molecular weight is 272 g/mol. The lowest BCUT2D eigenvalue weighted by Gasteiger charge is -2.27. The smallest absolute Gasteiger partial charge is 0.272 e. The number of aryl methyl sites for hydroxylation is 1. The molecule has 5 nitrogen and oxygen atoms in total. The zero-order valence-corrected chi connectivity index (χ0v) is 12.2. The highest BCUT2D eigenvalue weighted by Gasteiger charge is 2.24. The summed E-state index contributed by atoms with van der Waals surface area (Å²) in [5, 5.41) is 4.15. The maximum Gasteiger partial charge on any atom is 0.272 e. The van der Waals surface area contributed by atoms with E-state index in [0.29, 0.717) is 12.2 Å². The number of carbonyl (C=O) groups excluding carboxylic acids is 1. The second-order valence-corrected chi connectivity index (χ2v) is 4.63. The van der Waals surface area contributed by atoms with E-state index in [9.17, 15) is 4.79 Å². The third-order valence-electron chi connectivity index (χ3n) is 3.44. The summed E-state index contributed by atoms with van der Waals surface area (Å²) in [5.74, 6) is -0.0261. The van der Waals surface area contributed by atoms with Crippen LogP contribution in [0.25, 0.3) is 0 Å². The van der Waals surface area contributed by atoms with Crippen molar-refractivity contribution in [3.05, 3.63) is 48.0 Å². The second kappa shape index (κ2) is 6.32. The summed E-state index contributed by atoms with van der Waals surface area (Å²) in [7, 11) is 1.82. The molecule has 0 N–H and O–H groups in total. The predicted molar refractivity (Wildman–Crippen MR) is 77.3 cm³/mol. The quantitative estimate of drug-likeness (QED) is 0.840. The summed E-state index contributed by atoms with van der Waals surface area (Å²) >= 11 is 0. The first-order valence-corrected chi connectivity index (χ1v) is 6.88. The molecule has 2 aromatic rings. The lowest BCUT2D eigenvalue weighted by molar-refractivity contribution is 0.0710. The van der Waals surface area contributed by atoms with Gasteiger partial charge in [-0.05, 0) is 31.5 Å². The highest BCUT2D eigenvalue weighted by Crippen LogP contribution is 2.22. The number of aromatic nitrogens is 3. The van der Waals surface area contributed by atoms with Crippen LogP contribution in [0.5, 0.6) is 0 Å². The summed E-state index contributed by atoms with van der Waals surface area (Å²) in [4.78, 5) is 18.7. The van der Waals surface area contributed by atoms with Gasteiger partial charge in [0.2, 0.25) is 0 Å².